The first-order valence-corrected chi connectivity index (χ1v) is 14.8. The van der Waals surface area contributed by atoms with Crippen LogP contribution in [0.15, 0.2) is 30.8 Å². The normalized spacial score (nSPS) is 13.6. The predicted molar refractivity (Wildman–Crippen MR) is 160 cm³/mol. The maximum absolute atomic E-state index is 14.3. The fourth-order valence-electron chi connectivity index (χ4n) is 4.38. The predicted octanol–water partition coefficient (Wildman–Crippen LogP) is 7.03. The molecule has 0 aromatic heterocycles. The number of carbonyl (C=O) groups excluding carboxylic acids is 3. The molecule has 0 fully saturated rings. The second kappa shape index (κ2) is 17.7. The van der Waals surface area contributed by atoms with Crippen molar-refractivity contribution in [2.75, 3.05) is 13.1 Å². The summed E-state index contributed by atoms with van der Waals surface area (Å²) < 4.78 is 5.49. The van der Waals surface area contributed by atoms with Gasteiger partial charge in [0.2, 0.25) is 11.8 Å². The van der Waals surface area contributed by atoms with Crippen LogP contribution in [0.25, 0.3) is 6.08 Å². The molecule has 3 amide bonds. The average molecular weight is 544 g/mol. The molecule has 1 aromatic carbocycles. The summed E-state index contributed by atoms with van der Waals surface area (Å²) in [5, 5.41) is 5.91. The molecule has 0 aliphatic heterocycles. The van der Waals surface area contributed by atoms with Gasteiger partial charge in [0.15, 0.2) is 0 Å². The van der Waals surface area contributed by atoms with Crippen LogP contribution in [0.5, 0.6) is 0 Å². The molecule has 0 saturated carbocycles. The van der Waals surface area contributed by atoms with Gasteiger partial charge in [0.1, 0.15) is 17.7 Å². The summed E-state index contributed by atoms with van der Waals surface area (Å²) in [6, 6.07) is 5.95. The van der Waals surface area contributed by atoms with E-state index in [1.54, 1.807) is 31.7 Å². The third-order valence-corrected chi connectivity index (χ3v) is 6.79. The van der Waals surface area contributed by atoms with Gasteiger partial charge in [-0.05, 0) is 56.7 Å². The molecule has 3 atom stereocenters. The quantitative estimate of drug-likeness (QED) is 0.207. The van der Waals surface area contributed by atoms with E-state index in [1.807, 2.05) is 38.1 Å². The Balaban J connectivity index is 3.51. The number of nitrogens with zero attached hydrogens (tertiary/aromatic N) is 1. The molecule has 0 aliphatic carbocycles. The van der Waals surface area contributed by atoms with E-state index in [0.717, 1.165) is 56.1 Å². The smallest absolute Gasteiger partial charge is 0.408 e. The van der Waals surface area contributed by atoms with Gasteiger partial charge in [-0.15, -0.1) is 0 Å². The number of rotatable bonds is 17. The first-order valence-electron chi connectivity index (χ1n) is 14.8. The van der Waals surface area contributed by atoms with Crippen molar-refractivity contribution in [2.45, 2.75) is 118 Å². The first-order chi connectivity index (χ1) is 18.5. The molecule has 220 valence electrons. The summed E-state index contributed by atoms with van der Waals surface area (Å²) in [5.41, 5.74) is 0.906. The number of nitrogens with one attached hydrogen (secondary N) is 2. The number of unbranched alkanes of at least 4 members (excludes halogenated alkanes) is 5. The van der Waals surface area contributed by atoms with Crippen LogP contribution in [0.4, 0.5) is 4.79 Å². The zero-order chi connectivity index (χ0) is 29.4. The van der Waals surface area contributed by atoms with E-state index >= 15 is 0 Å². The standard InChI is InChI=1S/C32H53N3O4/c1-9-13-15-17-22-35(30(37)27(24(5)11-3)34-31(38)39-32(6,7)8)28(29(36)33-21-16-14-10-2)26-20-18-19-25(12-4)23-26/h12,18-20,23-24,27-28H,4,9-11,13-17,21-22H2,1-3,5-8H3,(H,33,36)(H,34,38). The number of ether oxygens (including phenoxy) is 1. The highest BCUT2D eigenvalue weighted by Crippen LogP contribution is 2.26. The van der Waals surface area contributed by atoms with Crippen LogP contribution in [0.1, 0.15) is 117 Å². The summed E-state index contributed by atoms with van der Waals surface area (Å²) in [7, 11) is 0. The fraction of sp³-hybridized carbons (Fsp3) is 0.656. The maximum Gasteiger partial charge on any atom is 0.408 e. The minimum absolute atomic E-state index is 0.157. The van der Waals surface area contributed by atoms with Gasteiger partial charge in [-0.1, -0.05) is 97.1 Å². The van der Waals surface area contributed by atoms with E-state index in [0.29, 0.717) is 19.5 Å². The molecular weight excluding hydrogens is 490 g/mol. The van der Waals surface area contributed by atoms with Crippen LogP contribution >= 0.6 is 0 Å². The van der Waals surface area contributed by atoms with Crippen LogP contribution in [-0.4, -0.2) is 47.5 Å². The Bertz CT molecular complexity index is 909. The zero-order valence-corrected chi connectivity index (χ0v) is 25.5. The van der Waals surface area contributed by atoms with E-state index < -0.39 is 23.8 Å². The second-order valence-electron chi connectivity index (χ2n) is 11.4. The molecule has 0 aliphatic rings. The van der Waals surface area contributed by atoms with E-state index in [9.17, 15) is 14.4 Å². The highest BCUT2D eigenvalue weighted by Gasteiger charge is 2.37. The van der Waals surface area contributed by atoms with Gasteiger partial charge in [-0.25, -0.2) is 4.79 Å². The third kappa shape index (κ3) is 12.3. The highest BCUT2D eigenvalue weighted by molar-refractivity contribution is 5.92. The summed E-state index contributed by atoms with van der Waals surface area (Å²) in [4.78, 5) is 42.5. The van der Waals surface area contributed by atoms with Crippen LogP contribution in [0.3, 0.4) is 0 Å². The summed E-state index contributed by atoms with van der Waals surface area (Å²) >= 11 is 0. The van der Waals surface area contributed by atoms with Gasteiger partial charge < -0.3 is 20.3 Å². The lowest BCUT2D eigenvalue weighted by atomic mass is 9.95. The molecule has 0 saturated heterocycles. The Kier molecular flexibility index (Phi) is 15.5. The van der Waals surface area contributed by atoms with E-state index in [-0.39, 0.29) is 17.7 Å². The molecular formula is C32H53N3O4. The van der Waals surface area contributed by atoms with Crippen molar-refractivity contribution in [1.29, 1.82) is 0 Å². The molecule has 0 radical (unpaired) electrons. The van der Waals surface area contributed by atoms with Gasteiger partial charge in [0, 0.05) is 13.1 Å². The number of carbonyl (C=O) groups is 3. The van der Waals surface area contributed by atoms with Gasteiger partial charge >= 0.3 is 6.09 Å². The number of alkyl carbamates (subject to hydrolysis) is 1. The molecule has 7 nitrogen and oxygen atoms in total. The molecule has 1 rings (SSSR count). The Labute approximate surface area is 237 Å². The van der Waals surface area contributed by atoms with Crippen molar-refractivity contribution in [3.05, 3.63) is 42.0 Å². The fourth-order valence-corrected chi connectivity index (χ4v) is 4.38. The lowest BCUT2D eigenvalue weighted by Crippen LogP contribution is -2.55. The number of hydrogen-bond acceptors (Lipinski definition) is 4. The van der Waals surface area contributed by atoms with Crippen LogP contribution in [0, 0.1) is 5.92 Å². The Morgan fingerprint density at radius 2 is 1.69 bits per heavy atom. The number of hydrogen-bond donors (Lipinski definition) is 2. The topological polar surface area (TPSA) is 87.7 Å². The van der Waals surface area contributed by atoms with Gasteiger partial charge in [-0.3, -0.25) is 9.59 Å². The van der Waals surface area contributed by atoms with E-state index in [1.165, 1.54) is 0 Å². The monoisotopic (exact) mass is 543 g/mol. The summed E-state index contributed by atoms with van der Waals surface area (Å²) in [5.74, 6) is -0.642. The Hall–Kier alpha value is -2.83. The van der Waals surface area contributed by atoms with Crippen LogP contribution in [0.2, 0.25) is 0 Å². The molecule has 0 spiro atoms. The first kappa shape index (κ1) is 34.2. The Morgan fingerprint density at radius 3 is 2.28 bits per heavy atom. The number of benzene rings is 1. The van der Waals surface area contributed by atoms with Crippen LogP contribution < -0.4 is 10.6 Å². The minimum atomic E-state index is -0.826. The molecule has 0 heterocycles. The number of amides is 3. The Morgan fingerprint density at radius 1 is 1.03 bits per heavy atom. The zero-order valence-electron chi connectivity index (χ0n) is 25.5. The van der Waals surface area contributed by atoms with Gasteiger partial charge in [-0.2, -0.15) is 0 Å². The molecule has 3 unspecified atom stereocenters. The van der Waals surface area contributed by atoms with Crippen molar-refractivity contribution < 1.29 is 19.1 Å². The molecule has 7 heteroatoms. The van der Waals surface area contributed by atoms with Crippen molar-refractivity contribution in [2.24, 2.45) is 5.92 Å². The van der Waals surface area contributed by atoms with Crippen LogP contribution in [-0.2, 0) is 14.3 Å². The van der Waals surface area contributed by atoms with E-state index in [2.05, 4.69) is 31.1 Å². The van der Waals surface area contributed by atoms with Crippen molar-refractivity contribution in [3.8, 4) is 0 Å². The molecule has 39 heavy (non-hydrogen) atoms. The molecule has 0 bridgehead atoms. The summed E-state index contributed by atoms with van der Waals surface area (Å²) in [6.07, 6.45) is 8.55. The minimum Gasteiger partial charge on any atom is -0.444 e. The van der Waals surface area contributed by atoms with Gasteiger partial charge in [0.05, 0.1) is 0 Å². The largest absolute Gasteiger partial charge is 0.444 e. The van der Waals surface area contributed by atoms with Gasteiger partial charge in [0.25, 0.3) is 0 Å². The second-order valence-corrected chi connectivity index (χ2v) is 11.4. The van der Waals surface area contributed by atoms with Crippen molar-refractivity contribution >= 4 is 24.0 Å². The van der Waals surface area contributed by atoms with Crippen molar-refractivity contribution in [3.63, 3.8) is 0 Å². The van der Waals surface area contributed by atoms with Crippen molar-refractivity contribution in [1.82, 2.24) is 15.5 Å². The lowest BCUT2D eigenvalue weighted by Gasteiger charge is -2.36. The van der Waals surface area contributed by atoms with E-state index in [4.69, 9.17) is 4.74 Å². The SMILES string of the molecule is C=Cc1cccc(C(C(=O)NCCCCC)N(CCCCCC)C(=O)C(NC(=O)OC(C)(C)C)C(C)CC)c1. The summed E-state index contributed by atoms with van der Waals surface area (Å²) in [6.45, 7) is 18.4. The maximum atomic E-state index is 14.3. The highest BCUT2D eigenvalue weighted by atomic mass is 16.6. The average Bonchev–Trinajstić information content (AvgIpc) is 2.89. The third-order valence-electron chi connectivity index (χ3n) is 6.79. The lowest BCUT2D eigenvalue weighted by molar-refractivity contribution is -0.143. The molecule has 1 aromatic rings. The molecule has 2 N–H and O–H groups in total.